The molecule has 0 spiro atoms. The number of hydrogen-bond donors (Lipinski definition) is 0. The highest BCUT2D eigenvalue weighted by Gasteiger charge is 2.27. The largest absolute Gasteiger partial charge is 0.338 e. The number of nitrogens with zero attached hydrogens (tertiary/aromatic N) is 5. The minimum absolute atomic E-state index is 0.668. The average Bonchev–Trinajstić information content (AvgIpc) is 2.90. The van der Waals surface area contributed by atoms with Gasteiger partial charge in [0.15, 0.2) is 0 Å². The molecule has 0 saturated carbocycles. The van der Waals surface area contributed by atoms with Crippen LogP contribution >= 0.6 is 0 Å². The molecule has 2 saturated heterocycles. The van der Waals surface area contributed by atoms with E-state index in [2.05, 4.69) is 33.8 Å². The van der Waals surface area contributed by atoms with Crippen molar-refractivity contribution in [2.24, 2.45) is 0 Å². The van der Waals surface area contributed by atoms with Gasteiger partial charge in [0.1, 0.15) is 0 Å². The van der Waals surface area contributed by atoms with Crippen molar-refractivity contribution < 1.29 is 0 Å². The third-order valence-corrected chi connectivity index (χ3v) is 5.33. The number of likely N-dealkylation sites (tertiary alicyclic amines) is 1. The molecular weight excluding hydrogens is 286 g/mol. The van der Waals surface area contributed by atoms with Crippen LogP contribution in [0.15, 0.2) is 0 Å². The molecule has 0 radical (unpaired) electrons. The van der Waals surface area contributed by atoms with E-state index in [9.17, 15) is 0 Å². The number of piperidine rings is 1. The first-order valence-electron chi connectivity index (χ1n) is 9.53. The van der Waals surface area contributed by atoms with Crippen LogP contribution in [0.5, 0.6) is 0 Å². The van der Waals surface area contributed by atoms with E-state index in [1.165, 1.54) is 51.6 Å². The third-order valence-electron chi connectivity index (χ3n) is 5.33. The predicted molar refractivity (Wildman–Crippen MR) is 93.9 cm³/mol. The summed E-state index contributed by atoms with van der Waals surface area (Å²) in [6.45, 7) is 8.96. The first-order valence-corrected chi connectivity index (χ1v) is 9.53. The molecule has 0 bridgehead atoms. The molecule has 2 aliphatic rings. The molecule has 3 rings (SSSR count). The van der Waals surface area contributed by atoms with Gasteiger partial charge in [0, 0.05) is 19.1 Å². The maximum Gasteiger partial charge on any atom is 0.245 e. The lowest BCUT2D eigenvalue weighted by molar-refractivity contribution is 0.181. The van der Waals surface area contributed by atoms with Crippen LogP contribution < -0.4 is 4.90 Å². The van der Waals surface area contributed by atoms with Crippen molar-refractivity contribution in [2.75, 3.05) is 31.1 Å². The van der Waals surface area contributed by atoms with Crippen LogP contribution in [0.1, 0.15) is 63.8 Å². The molecule has 2 fully saturated rings. The number of aryl methyl sites for hydroxylation is 2. The molecule has 1 aromatic rings. The van der Waals surface area contributed by atoms with Gasteiger partial charge in [-0.3, -0.25) is 4.90 Å². The van der Waals surface area contributed by atoms with E-state index < -0.39 is 0 Å². The Labute approximate surface area is 140 Å². The Balaban J connectivity index is 1.70. The maximum absolute atomic E-state index is 4.82. The normalized spacial score (nSPS) is 23.7. The van der Waals surface area contributed by atoms with Crippen LogP contribution in [0.3, 0.4) is 0 Å². The standard InChI is InChI=1S/C18H31N5/c1-3-16-17(4-2)20-21-18(19-16)23-13-9-10-15(14-23)22-11-7-5-6-8-12-22/h15H,3-14H2,1-2H3. The summed E-state index contributed by atoms with van der Waals surface area (Å²) in [4.78, 5) is 9.90. The SMILES string of the molecule is CCc1nnc(N2CCCC(N3CCCCCC3)C2)nc1CC. The Morgan fingerprint density at radius 1 is 0.870 bits per heavy atom. The maximum atomic E-state index is 4.82. The molecule has 0 aromatic carbocycles. The second kappa shape index (κ2) is 8.04. The van der Waals surface area contributed by atoms with E-state index in [1.807, 2.05) is 0 Å². The van der Waals surface area contributed by atoms with E-state index in [-0.39, 0.29) is 0 Å². The van der Waals surface area contributed by atoms with Gasteiger partial charge in [-0.15, -0.1) is 5.10 Å². The fraction of sp³-hybridized carbons (Fsp3) is 0.833. The minimum Gasteiger partial charge on any atom is -0.338 e. The number of anilines is 1. The third kappa shape index (κ3) is 4.00. The smallest absolute Gasteiger partial charge is 0.245 e. The zero-order valence-electron chi connectivity index (χ0n) is 14.8. The highest BCUT2D eigenvalue weighted by Crippen LogP contribution is 2.22. The Kier molecular flexibility index (Phi) is 5.81. The Hall–Kier alpha value is -1.23. The van der Waals surface area contributed by atoms with Gasteiger partial charge in [-0.25, -0.2) is 4.98 Å². The van der Waals surface area contributed by atoms with Crippen LogP contribution in [0, 0.1) is 0 Å². The van der Waals surface area contributed by atoms with Gasteiger partial charge in [-0.1, -0.05) is 26.7 Å². The lowest BCUT2D eigenvalue weighted by atomic mass is 10.0. The summed E-state index contributed by atoms with van der Waals surface area (Å²) in [6, 6.07) is 0.668. The Morgan fingerprint density at radius 2 is 1.61 bits per heavy atom. The van der Waals surface area contributed by atoms with Gasteiger partial charge in [0.25, 0.3) is 0 Å². The van der Waals surface area contributed by atoms with Crippen molar-refractivity contribution in [1.82, 2.24) is 20.1 Å². The summed E-state index contributed by atoms with van der Waals surface area (Å²) in [6.07, 6.45) is 9.93. The lowest BCUT2D eigenvalue weighted by Crippen LogP contribution is -2.49. The van der Waals surface area contributed by atoms with Crippen LogP contribution in [0.25, 0.3) is 0 Å². The molecular formula is C18H31N5. The van der Waals surface area contributed by atoms with E-state index in [0.29, 0.717) is 6.04 Å². The molecule has 1 aromatic heterocycles. The van der Waals surface area contributed by atoms with Crippen LogP contribution in [-0.4, -0.2) is 52.3 Å². The highest BCUT2D eigenvalue weighted by atomic mass is 15.3. The number of rotatable bonds is 4. The summed E-state index contributed by atoms with van der Waals surface area (Å²) >= 11 is 0. The fourth-order valence-corrected chi connectivity index (χ4v) is 3.96. The molecule has 5 heteroatoms. The van der Waals surface area contributed by atoms with Crippen molar-refractivity contribution in [3.8, 4) is 0 Å². The molecule has 1 atom stereocenters. The van der Waals surface area contributed by atoms with Gasteiger partial charge in [0.05, 0.1) is 11.4 Å². The summed E-state index contributed by atoms with van der Waals surface area (Å²) in [5.41, 5.74) is 2.17. The molecule has 3 heterocycles. The second-order valence-electron chi connectivity index (χ2n) is 6.90. The van der Waals surface area contributed by atoms with Crippen molar-refractivity contribution >= 4 is 5.95 Å². The zero-order valence-corrected chi connectivity index (χ0v) is 14.8. The van der Waals surface area contributed by atoms with Crippen molar-refractivity contribution in [1.29, 1.82) is 0 Å². The first-order chi connectivity index (χ1) is 11.3. The van der Waals surface area contributed by atoms with Crippen molar-refractivity contribution in [3.05, 3.63) is 11.4 Å². The Bertz CT molecular complexity index is 496. The van der Waals surface area contributed by atoms with Gasteiger partial charge >= 0.3 is 0 Å². The second-order valence-corrected chi connectivity index (χ2v) is 6.90. The molecule has 23 heavy (non-hydrogen) atoms. The predicted octanol–water partition coefficient (Wildman–Crippen LogP) is 2.84. The van der Waals surface area contributed by atoms with Crippen LogP contribution in [0.4, 0.5) is 5.95 Å². The molecule has 5 nitrogen and oxygen atoms in total. The van der Waals surface area contributed by atoms with Crippen LogP contribution in [0.2, 0.25) is 0 Å². The summed E-state index contributed by atoms with van der Waals surface area (Å²) < 4.78 is 0. The zero-order chi connectivity index (χ0) is 16.1. The van der Waals surface area contributed by atoms with Crippen LogP contribution in [-0.2, 0) is 12.8 Å². The van der Waals surface area contributed by atoms with E-state index in [4.69, 9.17) is 4.98 Å². The highest BCUT2D eigenvalue weighted by molar-refractivity contribution is 5.31. The van der Waals surface area contributed by atoms with Gasteiger partial charge < -0.3 is 4.90 Å². The van der Waals surface area contributed by atoms with Gasteiger partial charge in [0.2, 0.25) is 5.95 Å². The monoisotopic (exact) mass is 317 g/mol. The molecule has 128 valence electrons. The Morgan fingerprint density at radius 3 is 2.30 bits per heavy atom. The molecule has 2 aliphatic heterocycles. The topological polar surface area (TPSA) is 45.2 Å². The van der Waals surface area contributed by atoms with Gasteiger partial charge in [-0.05, 0) is 51.6 Å². The molecule has 0 amide bonds. The van der Waals surface area contributed by atoms with Crippen molar-refractivity contribution in [3.63, 3.8) is 0 Å². The van der Waals surface area contributed by atoms with Crippen molar-refractivity contribution in [2.45, 2.75) is 71.3 Å². The average molecular weight is 317 g/mol. The number of aromatic nitrogens is 3. The number of hydrogen-bond acceptors (Lipinski definition) is 5. The van der Waals surface area contributed by atoms with E-state index in [1.54, 1.807) is 0 Å². The summed E-state index contributed by atoms with van der Waals surface area (Å²) in [5, 5.41) is 8.85. The van der Waals surface area contributed by atoms with Gasteiger partial charge in [-0.2, -0.15) is 5.10 Å². The first kappa shape index (κ1) is 16.6. The fourth-order valence-electron chi connectivity index (χ4n) is 3.96. The quantitative estimate of drug-likeness (QED) is 0.854. The lowest BCUT2D eigenvalue weighted by Gasteiger charge is -2.39. The molecule has 1 unspecified atom stereocenters. The van der Waals surface area contributed by atoms with E-state index >= 15 is 0 Å². The summed E-state index contributed by atoms with van der Waals surface area (Å²) in [7, 11) is 0. The molecule has 0 N–H and O–H groups in total. The summed E-state index contributed by atoms with van der Waals surface area (Å²) in [5.74, 6) is 0.846. The van der Waals surface area contributed by atoms with E-state index in [0.717, 1.165) is 43.3 Å². The minimum atomic E-state index is 0.668. The molecule has 0 aliphatic carbocycles.